The van der Waals surface area contributed by atoms with Crippen molar-refractivity contribution in [1.82, 2.24) is 0 Å². The van der Waals surface area contributed by atoms with Crippen LogP contribution in [0.2, 0.25) is 0 Å². The van der Waals surface area contributed by atoms with Gasteiger partial charge in [-0.2, -0.15) is 12.8 Å². The summed E-state index contributed by atoms with van der Waals surface area (Å²) < 4.78 is 0. The second-order valence-electron chi connectivity index (χ2n) is 6.12. The number of hydrogen-bond acceptors (Lipinski definition) is 0. The number of rotatable bonds is 3. The molecule has 0 aliphatic heterocycles. The quantitative estimate of drug-likeness (QED) is 0.285. The molecule has 158 valence electrons. The van der Waals surface area contributed by atoms with Crippen LogP contribution in [0.4, 0.5) is 0 Å². The fraction of sp³-hybridized carbons (Fsp3) is 0.200. The number of allylic oxidation sites excluding steroid dienone is 2. The Kier molecular flexibility index (Phi) is 21.1. The van der Waals surface area contributed by atoms with Gasteiger partial charge in [0.05, 0.1) is 0 Å². The van der Waals surface area contributed by atoms with E-state index in [0.717, 1.165) is 12.8 Å². The van der Waals surface area contributed by atoms with E-state index in [0.29, 0.717) is 11.8 Å². The van der Waals surface area contributed by atoms with Crippen LogP contribution in [-0.4, -0.2) is 6.88 Å². The monoisotopic (exact) mass is 520 g/mol. The van der Waals surface area contributed by atoms with Crippen molar-refractivity contribution in [3.05, 3.63) is 112 Å². The fourth-order valence-corrected chi connectivity index (χ4v) is 3.37. The Hall–Kier alpha value is -0.400. The SMILES string of the molecule is Cl.Cl.[CH2-]CC1C=Cc2ccccc21.[CH2-]CCC1C=Cc2ccccc21.[CH3-].[CH3-].[Si]=[Zr]. The van der Waals surface area contributed by atoms with Gasteiger partial charge < -0.3 is 28.7 Å². The molecule has 0 saturated heterocycles. The molecule has 2 unspecified atom stereocenters. The average Bonchev–Trinajstić information content (AvgIpc) is 3.28. The molecular weight excluding hydrogens is 490 g/mol. The Balaban J connectivity index is -0.000000382. The van der Waals surface area contributed by atoms with E-state index in [9.17, 15) is 0 Å². The molecule has 2 aliphatic carbocycles. The van der Waals surface area contributed by atoms with Crippen LogP contribution < -0.4 is 0 Å². The fourth-order valence-electron chi connectivity index (χ4n) is 3.37. The maximum atomic E-state index is 3.92. The third-order valence-corrected chi connectivity index (χ3v) is 4.63. The average molecular weight is 523 g/mol. The zero-order chi connectivity index (χ0) is 18.1. The third kappa shape index (κ3) is 9.09. The topological polar surface area (TPSA) is 0 Å². The third-order valence-electron chi connectivity index (χ3n) is 4.63. The van der Waals surface area contributed by atoms with Crippen molar-refractivity contribution in [2.45, 2.75) is 31.1 Å². The predicted molar refractivity (Wildman–Crippen MR) is 134 cm³/mol. The number of hydrogen-bond donors (Lipinski definition) is 0. The van der Waals surface area contributed by atoms with Gasteiger partial charge in [-0.1, -0.05) is 79.3 Å². The van der Waals surface area contributed by atoms with Gasteiger partial charge in [0.15, 0.2) is 0 Å². The number of fused-ring (bicyclic) bond motifs is 2. The zero-order valence-electron chi connectivity index (χ0n) is 17.4. The van der Waals surface area contributed by atoms with E-state index in [-0.39, 0.29) is 39.7 Å². The van der Waals surface area contributed by atoms with Gasteiger partial charge in [-0.05, 0) is 28.2 Å². The molecule has 2 radical (unpaired) electrons. The van der Waals surface area contributed by atoms with Crippen LogP contribution >= 0.6 is 24.8 Å². The van der Waals surface area contributed by atoms with Gasteiger partial charge in [-0.25, -0.2) is 0 Å². The van der Waals surface area contributed by atoms with E-state index in [1.165, 1.54) is 52.0 Å². The predicted octanol–water partition coefficient (Wildman–Crippen LogP) is 7.79. The van der Waals surface area contributed by atoms with Crippen LogP contribution in [0, 0.1) is 28.7 Å². The van der Waals surface area contributed by atoms with Crippen molar-refractivity contribution in [3.63, 3.8) is 0 Å². The number of halogens is 2. The van der Waals surface area contributed by atoms with Crippen molar-refractivity contribution < 1.29 is 23.3 Å². The summed E-state index contributed by atoms with van der Waals surface area (Å²) in [4.78, 5) is 0. The summed E-state index contributed by atoms with van der Waals surface area (Å²) in [5, 5.41) is 0. The van der Waals surface area contributed by atoms with Gasteiger partial charge in [0.1, 0.15) is 0 Å². The van der Waals surface area contributed by atoms with E-state index < -0.39 is 0 Å². The Morgan fingerprint density at radius 1 is 0.724 bits per heavy atom. The van der Waals surface area contributed by atoms with E-state index in [1.807, 2.05) is 0 Å². The Morgan fingerprint density at radius 2 is 1.14 bits per heavy atom. The molecule has 2 atom stereocenters. The van der Waals surface area contributed by atoms with Gasteiger partial charge in [0, 0.05) is 5.92 Å². The van der Waals surface area contributed by atoms with E-state index in [4.69, 9.17) is 0 Å². The summed E-state index contributed by atoms with van der Waals surface area (Å²) in [6.45, 7) is 10.9. The van der Waals surface area contributed by atoms with Crippen molar-refractivity contribution in [3.8, 4) is 0 Å². The van der Waals surface area contributed by atoms with Crippen molar-refractivity contribution in [1.29, 1.82) is 0 Å². The summed E-state index contributed by atoms with van der Waals surface area (Å²) in [7, 11) is 0. The maximum absolute atomic E-state index is 3.92. The summed E-state index contributed by atoms with van der Waals surface area (Å²) in [5.41, 5.74) is 5.65. The van der Waals surface area contributed by atoms with Crippen LogP contribution in [0.25, 0.3) is 12.2 Å². The van der Waals surface area contributed by atoms with Gasteiger partial charge >= 0.3 is 30.2 Å². The molecule has 4 heteroatoms. The standard InChI is InChI=1S/C12H13.C11H11.2CH3.2ClH.Si.Zr/c1-2-5-10-8-9-11-6-3-4-7-12(10)11;1-2-9-7-8-10-5-3-4-6-11(9)10;;;;;;/h3-4,6-10H,1-2,5H2;3-9H,1-2H2;2*1H3;2*1H;;/q4*-1;;;;. The second kappa shape index (κ2) is 18.4. The first kappa shape index (κ1) is 33.2. The Labute approximate surface area is 208 Å². The second-order valence-corrected chi connectivity index (χ2v) is 6.12. The van der Waals surface area contributed by atoms with E-state index in [2.05, 4.69) is 93.6 Å². The first-order valence-corrected chi connectivity index (χ1v) is 12.9. The summed E-state index contributed by atoms with van der Waals surface area (Å²) in [6, 6.07) is 17.1. The van der Waals surface area contributed by atoms with Crippen LogP contribution in [0.5, 0.6) is 0 Å². The van der Waals surface area contributed by atoms with Crippen LogP contribution in [0.3, 0.4) is 0 Å². The van der Waals surface area contributed by atoms with E-state index in [1.54, 1.807) is 0 Å². The normalized spacial score (nSPS) is 15.9. The molecule has 0 fully saturated rings. The summed E-state index contributed by atoms with van der Waals surface area (Å²) >= 11 is 1.36. The van der Waals surface area contributed by atoms with Gasteiger partial charge in [0.2, 0.25) is 0 Å². The molecule has 2 aliphatic rings. The molecule has 0 aromatic heterocycles. The molecule has 0 spiro atoms. The molecule has 4 rings (SSSR count). The molecule has 2 aromatic carbocycles. The molecule has 0 bridgehead atoms. The molecule has 0 saturated carbocycles. The molecule has 0 amide bonds. The van der Waals surface area contributed by atoms with Crippen LogP contribution in [-0.2, 0) is 23.3 Å². The summed E-state index contributed by atoms with van der Waals surface area (Å²) in [6.07, 6.45) is 12.1. The minimum atomic E-state index is 0. The first-order chi connectivity index (χ1) is 12.3. The first-order valence-electron chi connectivity index (χ1n) is 8.71. The van der Waals surface area contributed by atoms with Crippen LogP contribution in [0.1, 0.15) is 53.4 Å². The summed E-state index contributed by atoms with van der Waals surface area (Å²) in [5.74, 6) is 1.19. The molecular formula is C25H32Cl2SiZr-4. The van der Waals surface area contributed by atoms with Crippen molar-refractivity contribution in [2.75, 3.05) is 0 Å². The van der Waals surface area contributed by atoms with Gasteiger partial charge in [-0.3, -0.25) is 0 Å². The molecule has 0 N–H and O–H groups in total. The molecule has 0 nitrogen and oxygen atoms in total. The Morgan fingerprint density at radius 3 is 1.59 bits per heavy atom. The van der Waals surface area contributed by atoms with Crippen molar-refractivity contribution >= 4 is 43.8 Å². The van der Waals surface area contributed by atoms with Crippen molar-refractivity contribution in [2.24, 2.45) is 0 Å². The molecule has 29 heavy (non-hydrogen) atoms. The minimum absolute atomic E-state index is 0. The van der Waals surface area contributed by atoms with Crippen LogP contribution in [0.15, 0.2) is 60.7 Å². The number of benzene rings is 2. The Bertz CT molecular complexity index is 743. The van der Waals surface area contributed by atoms with Gasteiger partial charge in [0.25, 0.3) is 0 Å². The van der Waals surface area contributed by atoms with Gasteiger partial charge in [-0.15, -0.1) is 24.8 Å². The van der Waals surface area contributed by atoms with E-state index >= 15 is 0 Å². The zero-order valence-corrected chi connectivity index (χ0v) is 22.5. The molecule has 2 aromatic rings. The molecule has 0 heterocycles.